The summed E-state index contributed by atoms with van der Waals surface area (Å²) in [5.41, 5.74) is 2.16. The second-order valence-electron chi connectivity index (χ2n) is 11.6. The van der Waals surface area contributed by atoms with Crippen molar-refractivity contribution in [1.82, 2.24) is 10.2 Å². The molecule has 4 aliphatic heterocycles. The lowest BCUT2D eigenvalue weighted by molar-refractivity contribution is -0.150. The third kappa shape index (κ3) is 6.25. The summed E-state index contributed by atoms with van der Waals surface area (Å²) in [7, 11) is 5.04. The Kier molecular flexibility index (Phi) is 9.79. The smallest absolute Gasteiger partial charge is 0.310 e. The molecule has 222 valence electrons. The minimum atomic E-state index is -0.143. The van der Waals surface area contributed by atoms with Crippen molar-refractivity contribution < 1.29 is 19.1 Å². The molecule has 4 aliphatic rings. The van der Waals surface area contributed by atoms with E-state index < -0.39 is 0 Å². The Morgan fingerprint density at radius 2 is 1.32 bits per heavy atom. The molecular weight excluding hydrogens is 606 g/mol. The average Bonchev–Trinajstić information content (AvgIpc) is 3.44. The van der Waals surface area contributed by atoms with Gasteiger partial charge < -0.3 is 14.8 Å². The van der Waals surface area contributed by atoms with Crippen LogP contribution in [0.3, 0.4) is 0 Å². The van der Waals surface area contributed by atoms with Gasteiger partial charge in [-0.05, 0) is 81.0 Å². The highest BCUT2D eigenvalue weighted by atomic mass is 35.5. The van der Waals surface area contributed by atoms with Crippen LogP contribution in [-0.2, 0) is 19.1 Å². The maximum atomic E-state index is 12.3. The number of nitrogens with one attached hydrogen (secondary N) is 1. The van der Waals surface area contributed by atoms with Crippen LogP contribution in [0.1, 0.15) is 61.5 Å². The van der Waals surface area contributed by atoms with Crippen molar-refractivity contribution in [2.24, 2.45) is 11.8 Å². The fourth-order valence-corrected chi connectivity index (χ4v) is 8.23. The number of carbonyl (C=O) groups is 2. The Morgan fingerprint density at radius 1 is 0.756 bits per heavy atom. The summed E-state index contributed by atoms with van der Waals surface area (Å²) >= 11 is 24.3. The average molecular weight is 642 g/mol. The Balaban J connectivity index is 0.000000165. The number of methoxy groups -OCH3 is 2. The lowest BCUT2D eigenvalue weighted by Crippen LogP contribution is -2.49. The van der Waals surface area contributed by atoms with Crippen LogP contribution in [-0.4, -0.2) is 62.3 Å². The number of nitrogens with zero attached hydrogens (tertiary/aromatic N) is 1. The molecule has 4 bridgehead atoms. The topological polar surface area (TPSA) is 67.9 Å². The third-order valence-corrected chi connectivity index (χ3v) is 11.1. The van der Waals surface area contributed by atoms with E-state index in [1.165, 1.54) is 14.2 Å². The summed E-state index contributed by atoms with van der Waals surface area (Å²) in [6.07, 6.45) is 6.25. The lowest BCUT2D eigenvalue weighted by Gasteiger charge is -2.41. The Labute approximate surface area is 261 Å². The Hall–Kier alpha value is -1.54. The number of esters is 2. The summed E-state index contributed by atoms with van der Waals surface area (Å²) in [5.74, 6) is -0.230. The van der Waals surface area contributed by atoms with Gasteiger partial charge in [-0.1, -0.05) is 58.5 Å². The number of fused-ring (bicyclic) bond motifs is 4. The van der Waals surface area contributed by atoms with E-state index in [0.29, 0.717) is 32.2 Å². The van der Waals surface area contributed by atoms with Crippen molar-refractivity contribution in [3.8, 4) is 0 Å². The predicted octanol–water partition coefficient (Wildman–Crippen LogP) is 7.12. The summed E-state index contributed by atoms with van der Waals surface area (Å²) < 4.78 is 10.1. The monoisotopic (exact) mass is 640 g/mol. The van der Waals surface area contributed by atoms with Gasteiger partial charge in [-0.3, -0.25) is 14.5 Å². The van der Waals surface area contributed by atoms with Crippen LogP contribution in [0.15, 0.2) is 36.4 Å². The molecule has 6 rings (SSSR count). The van der Waals surface area contributed by atoms with E-state index in [9.17, 15) is 9.59 Å². The molecule has 0 saturated carbocycles. The van der Waals surface area contributed by atoms with Crippen molar-refractivity contribution in [3.05, 3.63) is 67.6 Å². The maximum absolute atomic E-state index is 12.3. The van der Waals surface area contributed by atoms with Crippen LogP contribution in [0, 0.1) is 11.8 Å². The fraction of sp³-hybridized carbons (Fsp3) is 0.548. The first-order valence-corrected chi connectivity index (χ1v) is 15.7. The van der Waals surface area contributed by atoms with Crippen LogP contribution in [0.4, 0.5) is 0 Å². The van der Waals surface area contributed by atoms with Crippen molar-refractivity contribution >= 4 is 58.3 Å². The minimum absolute atomic E-state index is 0.122. The van der Waals surface area contributed by atoms with E-state index in [0.717, 1.165) is 49.7 Å². The number of carbonyl (C=O) groups excluding carboxylic acids is 2. The van der Waals surface area contributed by atoms with Crippen LogP contribution < -0.4 is 5.32 Å². The van der Waals surface area contributed by atoms with Gasteiger partial charge >= 0.3 is 11.9 Å². The highest BCUT2D eigenvalue weighted by molar-refractivity contribution is 6.42. The zero-order valence-corrected chi connectivity index (χ0v) is 26.4. The van der Waals surface area contributed by atoms with Crippen molar-refractivity contribution in [2.45, 2.75) is 74.5 Å². The third-order valence-electron chi connectivity index (χ3n) is 9.64. The van der Waals surface area contributed by atoms with E-state index in [-0.39, 0.29) is 47.7 Å². The number of rotatable bonds is 4. The molecule has 1 N–H and O–H groups in total. The molecule has 41 heavy (non-hydrogen) atoms. The number of ether oxygens (including phenoxy) is 2. The van der Waals surface area contributed by atoms with Gasteiger partial charge in [-0.15, -0.1) is 0 Å². The Bertz CT molecular complexity index is 1290. The normalized spacial score (nSPS) is 32.2. The number of hydrogen-bond acceptors (Lipinski definition) is 6. The second-order valence-corrected chi connectivity index (χ2v) is 13.3. The molecule has 4 saturated heterocycles. The molecule has 0 amide bonds. The first kappa shape index (κ1) is 30.9. The summed E-state index contributed by atoms with van der Waals surface area (Å²) in [6, 6.07) is 12.8. The Morgan fingerprint density at radius 3 is 1.88 bits per heavy atom. The molecule has 8 atom stereocenters. The van der Waals surface area contributed by atoms with E-state index >= 15 is 0 Å². The molecule has 6 nitrogen and oxygen atoms in total. The number of piperidine rings is 2. The fourth-order valence-electron chi connectivity index (χ4n) is 7.61. The summed E-state index contributed by atoms with van der Waals surface area (Å²) in [6.45, 7) is 0. The van der Waals surface area contributed by atoms with Crippen LogP contribution in [0.25, 0.3) is 0 Å². The molecule has 0 aliphatic carbocycles. The van der Waals surface area contributed by atoms with Gasteiger partial charge in [-0.2, -0.15) is 0 Å². The zero-order valence-electron chi connectivity index (χ0n) is 23.4. The van der Waals surface area contributed by atoms with Gasteiger partial charge in [0.05, 0.1) is 46.1 Å². The van der Waals surface area contributed by atoms with Crippen molar-refractivity contribution in [1.29, 1.82) is 0 Å². The predicted molar refractivity (Wildman–Crippen MR) is 163 cm³/mol. The van der Waals surface area contributed by atoms with Gasteiger partial charge in [0, 0.05) is 36.0 Å². The maximum Gasteiger partial charge on any atom is 0.310 e. The summed E-state index contributed by atoms with van der Waals surface area (Å²) in [5, 5.41) is 5.70. The van der Waals surface area contributed by atoms with E-state index in [1.54, 1.807) is 6.07 Å². The minimum Gasteiger partial charge on any atom is -0.469 e. The highest BCUT2D eigenvalue weighted by Gasteiger charge is 2.50. The first-order chi connectivity index (χ1) is 19.6. The number of benzene rings is 2. The van der Waals surface area contributed by atoms with Crippen LogP contribution >= 0.6 is 46.4 Å². The number of halogens is 4. The second kappa shape index (κ2) is 13.0. The first-order valence-electron chi connectivity index (χ1n) is 14.2. The van der Waals surface area contributed by atoms with E-state index in [2.05, 4.69) is 17.3 Å². The molecule has 4 fully saturated rings. The standard InChI is InChI=1S/C16H19Cl2NO2.C15H17Cl2NO2/c1-19-10-4-6-14(19)15(16(20)21-2)11(8-10)9-3-5-12(17)13(18)7-9;1-20-15(19)14-10(7-9-3-5-13(14)18-9)8-2-4-11(16)12(17)6-8/h3,5,7,10-11,14-15H,4,6,8H2,1-2H3;2,4,6,9-10,13-14,18H,3,5,7H2,1H3. The SMILES string of the molecule is COC(=O)C1C(c2ccc(Cl)c(Cl)c2)CC2CCC1N2C.COC(=O)C1C2CCC(CC1c1ccc(Cl)c(Cl)c1)N2. The molecular formula is C31H36Cl4N2O4. The molecule has 4 heterocycles. The molecule has 0 aromatic heterocycles. The largest absolute Gasteiger partial charge is 0.469 e. The van der Waals surface area contributed by atoms with Crippen molar-refractivity contribution in [2.75, 3.05) is 21.3 Å². The van der Waals surface area contributed by atoms with Gasteiger partial charge in [0.2, 0.25) is 0 Å². The van der Waals surface area contributed by atoms with E-state index in [1.807, 2.05) is 30.3 Å². The molecule has 2 aromatic carbocycles. The molecule has 2 aromatic rings. The van der Waals surface area contributed by atoms with Crippen LogP contribution in [0.5, 0.6) is 0 Å². The molecule has 8 unspecified atom stereocenters. The lowest BCUT2D eigenvalue weighted by atomic mass is 9.76. The zero-order chi connectivity index (χ0) is 29.4. The van der Waals surface area contributed by atoms with Gasteiger partial charge in [0.15, 0.2) is 0 Å². The summed E-state index contributed by atoms with van der Waals surface area (Å²) in [4.78, 5) is 26.8. The molecule has 0 radical (unpaired) electrons. The molecule has 0 spiro atoms. The van der Waals surface area contributed by atoms with Gasteiger partial charge in [-0.25, -0.2) is 0 Å². The van der Waals surface area contributed by atoms with Crippen LogP contribution in [0.2, 0.25) is 20.1 Å². The quantitative estimate of drug-likeness (QED) is 0.359. The van der Waals surface area contributed by atoms with Crippen molar-refractivity contribution in [3.63, 3.8) is 0 Å². The van der Waals surface area contributed by atoms with Gasteiger partial charge in [0.25, 0.3) is 0 Å². The highest BCUT2D eigenvalue weighted by Crippen LogP contribution is 2.47. The van der Waals surface area contributed by atoms with E-state index in [4.69, 9.17) is 55.9 Å². The van der Waals surface area contributed by atoms with Gasteiger partial charge in [0.1, 0.15) is 0 Å². The number of hydrogen-bond donors (Lipinski definition) is 1. The molecule has 10 heteroatoms.